The molecule has 0 aromatic rings. The van der Waals surface area contributed by atoms with Gasteiger partial charge in [0.2, 0.25) is 0 Å². The molecule has 0 spiro atoms. The molecule has 0 aromatic heterocycles. The van der Waals surface area contributed by atoms with Crippen LogP contribution in [0.2, 0.25) is 0 Å². The summed E-state index contributed by atoms with van der Waals surface area (Å²) in [6.45, 7) is 6.04. The van der Waals surface area contributed by atoms with Crippen LogP contribution in [-0.2, 0) is 33.9 Å². The van der Waals surface area contributed by atoms with Crippen molar-refractivity contribution in [3.05, 3.63) is 0 Å². The third-order valence-corrected chi connectivity index (χ3v) is 5.62. The fourth-order valence-corrected chi connectivity index (χ4v) is 3.24. The maximum absolute atomic E-state index is 14.0. The van der Waals surface area contributed by atoms with Crippen molar-refractivity contribution in [2.45, 2.75) is 77.5 Å². The molecular formula is C19H29F7O8S. The van der Waals surface area contributed by atoms with Crippen LogP contribution in [0.4, 0.5) is 30.7 Å². The van der Waals surface area contributed by atoms with E-state index in [1.807, 2.05) is 0 Å². The Labute approximate surface area is 198 Å². The van der Waals surface area contributed by atoms with Crippen molar-refractivity contribution < 1.29 is 67.5 Å². The second-order valence-corrected chi connectivity index (χ2v) is 10.6. The summed E-state index contributed by atoms with van der Waals surface area (Å²) in [5.74, 6) is -15.7. The molecule has 0 amide bonds. The summed E-state index contributed by atoms with van der Waals surface area (Å²) in [5, 5.41) is -6.10. The van der Waals surface area contributed by atoms with Crippen LogP contribution in [0.3, 0.4) is 0 Å². The Morgan fingerprint density at radius 1 is 0.971 bits per heavy atom. The summed E-state index contributed by atoms with van der Waals surface area (Å²) < 4.78 is 139. The Hall–Kier alpha value is -1.68. The van der Waals surface area contributed by atoms with Gasteiger partial charge in [0.05, 0.1) is 19.1 Å². The molecule has 0 aliphatic carbocycles. The van der Waals surface area contributed by atoms with E-state index in [-0.39, 0.29) is 12.3 Å². The number of carbonyl (C=O) groups excluding carboxylic acids is 2. The minimum Gasteiger partial charge on any atom is -0.461 e. The third kappa shape index (κ3) is 7.90. The Morgan fingerprint density at radius 2 is 1.46 bits per heavy atom. The van der Waals surface area contributed by atoms with Crippen molar-refractivity contribution in [1.82, 2.24) is 0 Å². The highest BCUT2D eigenvalue weighted by molar-refractivity contribution is 7.87. The van der Waals surface area contributed by atoms with Crippen molar-refractivity contribution >= 4 is 22.1 Å². The van der Waals surface area contributed by atoms with Gasteiger partial charge in [-0.15, -0.1) is 0 Å². The van der Waals surface area contributed by atoms with Gasteiger partial charge in [-0.2, -0.15) is 39.2 Å². The topological polar surface area (TPSA) is 116 Å². The lowest BCUT2D eigenvalue weighted by Gasteiger charge is -2.36. The predicted octanol–water partition coefficient (Wildman–Crippen LogP) is 4.58. The molecule has 0 aliphatic rings. The zero-order valence-corrected chi connectivity index (χ0v) is 20.7. The van der Waals surface area contributed by atoms with E-state index in [4.69, 9.17) is 4.55 Å². The number of carbonyl (C=O) groups is 2. The average molecular weight is 550 g/mol. The lowest BCUT2D eigenvalue weighted by Crippen LogP contribution is -2.59. The Balaban J connectivity index is 6.33. The zero-order chi connectivity index (χ0) is 28.3. The summed E-state index contributed by atoms with van der Waals surface area (Å²) in [5.41, 5.74) is -1.00. The smallest absolute Gasteiger partial charge is 0.461 e. The van der Waals surface area contributed by atoms with Gasteiger partial charge in [-0.1, -0.05) is 34.6 Å². The number of alkyl halides is 7. The SMILES string of the molecule is CCOC(=O)C(OCCC(F)(F)C(F)(F)S(=O)(=O)O)(OC(=O)C(CC(C)C)C(C)(C)C)C(F)(F)F. The second-order valence-electron chi connectivity index (χ2n) is 9.10. The van der Waals surface area contributed by atoms with Crippen LogP contribution in [0.25, 0.3) is 0 Å². The van der Waals surface area contributed by atoms with E-state index in [0.29, 0.717) is 0 Å². The first-order valence-electron chi connectivity index (χ1n) is 10.2. The number of esters is 2. The van der Waals surface area contributed by atoms with Crippen LogP contribution in [0, 0.1) is 17.3 Å². The summed E-state index contributed by atoms with van der Waals surface area (Å²) >= 11 is 0. The molecule has 35 heavy (non-hydrogen) atoms. The molecular weight excluding hydrogens is 521 g/mol. The van der Waals surface area contributed by atoms with Gasteiger partial charge in [0.25, 0.3) is 0 Å². The fraction of sp³-hybridized carbons (Fsp3) is 0.895. The van der Waals surface area contributed by atoms with Gasteiger partial charge in [-0.3, -0.25) is 9.35 Å². The van der Waals surface area contributed by atoms with E-state index < -0.39 is 76.2 Å². The van der Waals surface area contributed by atoms with Crippen molar-refractivity contribution in [2.24, 2.45) is 17.3 Å². The standard InChI is InChI=1S/C19H29F7O8S/c1-7-32-14(28)17(18(22,23)24,34-13(27)12(10-11(2)3)15(4,5)6)33-9-8-16(20,21)19(25,26)35(29,30)31/h11-12H,7-10H2,1-6H3,(H,29,30,31). The number of ether oxygens (including phenoxy) is 3. The van der Waals surface area contributed by atoms with Gasteiger partial charge >= 0.3 is 45.2 Å². The highest BCUT2D eigenvalue weighted by atomic mass is 32.2. The molecule has 0 rings (SSSR count). The van der Waals surface area contributed by atoms with E-state index in [9.17, 15) is 48.7 Å². The van der Waals surface area contributed by atoms with Crippen molar-refractivity contribution in [3.63, 3.8) is 0 Å². The van der Waals surface area contributed by atoms with Gasteiger partial charge in [0.15, 0.2) is 0 Å². The molecule has 1 N–H and O–H groups in total. The van der Waals surface area contributed by atoms with Crippen LogP contribution in [0.1, 0.15) is 54.4 Å². The van der Waals surface area contributed by atoms with E-state index >= 15 is 0 Å². The van der Waals surface area contributed by atoms with Crippen molar-refractivity contribution in [1.29, 1.82) is 0 Å². The Bertz CT molecular complexity index is 850. The highest BCUT2D eigenvalue weighted by Crippen LogP contribution is 2.43. The molecule has 0 heterocycles. The largest absolute Gasteiger partial charge is 0.468 e. The normalized spacial score (nSPS) is 16.5. The van der Waals surface area contributed by atoms with Crippen LogP contribution < -0.4 is 0 Å². The summed E-state index contributed by atoms with van der Waals surface area (Å²) in [7, 11) is -6.68. The first-order valence-corrected chi connectivity index (χ1v) is 11.6. The van der Waals surface area contributed by atoms with Crippen LogP contribution in [0.15, 0.2) is 0 Å². The molecule has 0 bridgehead atoms. The van der Waals surface area contributed by atoms with Crippen molar-refractivity contribution in [3.8, 4) is 0 Å². The molecule has 0 saturated heterocycles. The molecule has 0 radical (unpaired) electrons. The first-order chi connectivity index (χ1) is 15.4. The summed E-state index contributed by atoms with van der Waals surface area (Å²) in [6, 6.07) is 0. The van der Waals surface area contributed by atoms with Crippen molar-refractivity contribution in [2.75, 3.05) is 13.2 Å². The maximum Gasteiger partial charge on any atom is 0.468 e. The first kappa shape index (κ1) is 33.3. The quantitative estimate of drug-likeness (QED) is 0.163. The molecule has 16 heteroatoms. The molecule has 2 unspecified atom stereocenters. The highest BCUT2D eigenvalue weighted by Gasteiger charge is 2.69. The number of rotatable bonds is 12. The van der Waals surface area contributed by atoms with Gasteiger partial charge in [0, 0.05) is 6.42 Å². The molecule has 0 saturated carbocycles. The zero-order valence-electron chi connectivity index (χ0n) is 19.8. The van der Waals surface area contributed by atoms with Crippen LogP contribution in [0.5, 0.6) is 0 Å². The fourth-order valence-electron chi connectivity index (χ4n) is 2.76. The molecule has 0 fully saturated rings. The van der Waals surface area contributed by atoms with E-state index in [2.05, 4.69) is 14.2 Å². The average Bonchev–Trinajstić information content (AvgIpc) is 2.62. The third-order valence-electron chi connectivity index (χ3n) is 4.67. The van der Waals surface area contributed by atoms with Crippen LogP contribution in [-0.4, -0.2) is 61.3 Å². The lowest BCUT2D eigenvalue weighted by atomic mass is 9.76. The maximum atomic E-state index is 14.0. The number of halogens is 7. The van der Waals surface area contributed by atoms with Gasteiger partial charge in [-0.25, -0.2) is 4.79 Å². The van der Waals surface area contributed by atoms with Crippen LogP contribution >= 0.6 is 0 Å². The van der Waals surface area contributed by atoms with E-state index in [1.165, 1.54) is 20.8 Å². The summed E-state index contributed by atoms with van der Waals surface area (Å²) in [6.07, 6.45) is -8.38. The number of hydrogen-bond donors (Lipinski definition) is 1. The Morgan fingerprint density at radius 3 is 1.80 bits per heavy atom. The van der Waals surface area contributed by atoms with Gasteiger partial charge < -0.3 is 14.2 Å². The molecule has 0 aliphatic heterocycles. The monoisotopic (exact) mass is 550 g/mol. The minimum absolute atomic E-state index is 0.0161. The molecule has 8 nitrogen and oxygen atoms in total. The van der Waals surface area contributed by atoms with E-state index in [0.717, 1.165) is 6.92 Å². The number of hydrogen-bond acceptors (Lipinski definition) is 7. The second kappa shape index (κ2) is 11.2. The van der Waals surface area contributed by atoms with E-state index in [1.54, 1.807) is 13.8 Å². The van der Waals surface area contributed by atoms with Gasteiger partial charge in [0.1, 0.15) is 0 Å². The summed E-state index contributed by atoms with van der Waals surface area (Å²) in [4.78, 5) is 25.0. The minimum atomic E-state index is -6.68. The Kier molecular flexibility index (Phi) is 10.6. The molecule has 208 valence electrons. The molecule has 0 aromatic carbocycles. The molecule has 2 atom stereocenters. The lowest BCUT2D eigenvalue weighted by molar-refractivity contribution is -0.359. The van der Waals surface area contributed by atoms with Gasteiger partial charge in [-0.05, 0) is 24.7 Å². The predicted molar refractivity (Wildman–Crippen MR) is 106 cm³/mol.